The van der Waals surface area contributed by atoms with Gasteiger partial charge in [0.1, 0.15) is 5.56 Å². The van der Waals surface area contributed by atoms with E-state index in [2.05, 4.69) is 6.92 Å². The van der Waals surface area contributed by atoms with Crippen LogP contribution in [0.2, 0.25) is 0 Å². The molecule has 0 amide bonds. The van der Waals surface area contributed by atoms with Crippen LogP contribution in [0.25, 0.3) is 11.0 Å². The Bertz CT molecular complexity index is 699. The highest BCUT2D eigenvalue weighted by atomic mass is 16.5. The van der Waals surface area contributed by atoms with Crippen LogP contribution in [0.15, 0.2) is 27.4 Å². The van der Waals surface area contributed by atoms with Gasteiger partial charge in [-0.05, 0) is 37.1 Å². The number of benzene rings is 1. The number of fused-ring (bicyclic) bond motifs is 1. The molecule has 0 spiro atoms. The average molecular weight is 276 g/mol. The molecule has 1 N–H and O–H groups in total. The van der Waals surface area contributed by atoms with Crippen LogP contribution in [0.5, 0.6) is 5.75 Å². The van der Waals surface area contributed by atoms with Crippen molar-refractivity contribution >= 4 is 16.9 Å². The van der Waals surface area contributed by atoms with Gasteiger partial charge in [-0.1, -0.05) is 13.3 Å². The molecular weight excluding hydrogens is 260 g/mol. The zero-order valence-electron chi connectivity index (χ0n) is 11.4. The number of carboxylic acid groups (broad SMARTS) is 1. The first-order chi connectivity index (χ1) is 9.52. The Morgan fingerprint density at radius 3 is 2.75 bits per heavy atom. The Morgan fingerprint density at radius 1 is 1.35 bits per heavy atom. The molecule has 0 saturated heterocycles. The van der Waals surface area contributed by atoms with Gasteiger partial charge in [-0.15, -0.1) is 0 Å². The van der Waals surface area contributed by atoms with Crippen molar-refractivity contribution in [1.82, 2.24) is 0 Å². The van der Waals surface area contributed by atoms with E-state index in [1.807, 2.05) is 6.92 Å². The Kier molecular flexibility index (Phi) is 4.08. The van der Waals surface area contributed by atoms with Crippen molar-refractivity contribution in [2.75, 3.05) is 6.61 Å². The third-order valence-electron chi connectivity index (χ3n) is 2.93. The molecule has 0 saturated carbocycles. The molecule has 2 aromatic rings. The lowest BCUT2D eigenvalue weighted by Gasteiger charge is -2.09. The second-order valence-corrected chi connectivity index (χ2v) is 4.64. The minimum atomic E-state index is -1.30. The topological polar surface area (TPSA) is 76.7 Å². The number of rotatable bonds is 5. The Morgan fingerprint density at radius 2 is 2.10 bits per heavy atom. The predicted molar refractivity (Wildman–Crippen MR) is 74.6 cm³/mol. The first-order valence-electron chi connectivity index (χ1n) is 6.47. The molecule has 5 heteroatoms. The summed E-state index contributed by atoms with van der Waals surface area (Å²) in [6.07, 6.45) is 1.89. The standard InChI is InChI=1S/C15H16O5/c1-3-4-5-19-12-7-9(2)6-10-8-11(14(16)17)15(18)20-13(10)12/h6-8H,3-5H2,1-2H3,(H,16,17). The van der Waals surface area contributed by atoms with Crippen molar-refractivity contribution in [3.8, 4) is 5.75 Å². The predicted octanol–water partition coefficient (Wildman–Crippen LogP) is 2.98. The van der Waals surface area contributed by atoms with Gasteiger partial charge in [0, 0.05) is 5.39 Å². The summed E-state index contributed by atoms with van der Waals surface area (Å²) < 4.78 is 10.7. The third-order valence-corrected chi connectivity index (χ3v) is 2.93. The summed E-state index contributed by atoms with van der Waals surface area (Å²) in [5.74, 6) is -0.821. The quantitative estimate of drug-likeness (QED) is 0.671. The number of ether oxygens (including phenoxy) is 1. The summed E-state index contributed by atoms with van der Waals surface area (Å²) in [4.78, 5) is 22.6. The van der Waals surface area contributed by atoms with Crippen LogP contribution in [0.4, 0.5) is 0 Å². The molecule has 5 nitrogen and oxygen atoms in total. The van der Waals surface area contributed by atoms with E-state index in [0.717, 1.165) is 18.4 Å². The fourth-order valence-electron chi connectivity index (χ4n) is 1.93. The third kappa shape index (κ3) is 2.82. The van der Waals surface area contributed by atoms with Gasteiger partial charge in [-0.2, -0.15) is 0 Å². The summed E-state index contributed by atoms with van der Waals surface area (Å²) >= 11 is 0. The van der Waals surface area contributed by atoms with Crippen LogP contribution in [-0.2, 0) is 0 Å². The molecular formula is C15H16O5. The highest BCUT2D eigenvalue weighted by molar-refractivity contribution is 5.93. The molecule has 1 aromatic heterocycles. The fraction of sp³-hybridized carbons (Fsp3) is 0.333. The van der Waals surface area contributed by atoms with E-state index in [4.69, 9.17) is 14.3 Å². The van der Waals surface area contributed by atoms with Gasteiger partial charge >= 0.3 is 11.6 Å². The van der Waals surface area contributed by atoms with Crippen LogP contribution in [-0.4, -0.2) is 17.7 Å². The lowest BCUT2D eigenvalue weighted by Crippen LogP contribution is -2.13. The van der Waals surface area contributed by atoms with Crippen molar-refractivity contribution in [2.24, 2.45) is 0 Å². The number of unbranched alkanes of at least 4 members (excludes halogenated alkanes) is 1. The Hall–Kier alpha value is -2.30. The molecule has 0 fully saturated rings. The molecule has 0 radical (unpaired) electrons. The normalized spacial score (nSPS) is 10.7. The Labute approximate surface area is 115 Å². The SMILES string of the molecule is CCCCOc1cc(C)cc2cc(C(=O)O)c(=O)oc12. The molecule has 2 rings (SSSR count). The number of hydrogen-bond acceptors (Lipinski definition) is 4. The van der Waals surface area contributed by atoms with Gasteiger partial charge in [-0.25, -0.2) is 9.59 Å². The molecule has 20 heavy (non-hydrogen) atoms. The first-order valence-corrected chi connectivity index (χ1v) is 6.47. The van der Waals surface area contributed by atoms with Crippen LogP contribution in [0.1, 0.15) is 35.7 Å². The summed E-state index contributed by atoms with van der Waals surface area (Å²) in [6.45, 7) is 4.45. The minimum Gasteiger partial charge on any atom is -0.490 e. The monoisotopic (exact) mass is 276 g/mol. The molecule has 0 atom stereocenters. The van der Waals surface area contributed by atoms with Crippen LogP contribution in [0.3, 0.4) is 0 Å². The molecule has 1 heterocycles. The lowest BCUT2D eigenvalue weighted by atomic mass is 10.1. The molecule has 0 aliphatic rings. The number of carbonyl (C=O) groups is 1. The van der Waals surface area contributed by atoms with Gasteiger partial charge < -0.3 is 14.3 Å². The van der Waals surface area contributed by atoms with Gasteiger partial charge in [-0.3, -0.25) is 0 Å². The maximum absolute atomic E-state index is 11.6. The van der Waals surface area contributed by atoms with Crippen molar-refractivity contribution in [3.63, 3.8) is 0 Å². The fourth-order valence-corrected chi connectivity index (χ4v) is 1.93. The van der Waals surface area contributed by atoms with E-state index < -0.39 is 11.6 Å². The van der Waals surface area contributed by atoms with Gasteiger partial charge in [0.25, 0.3) is 0 Å². The highest BCUT2D eigenvalue weighted by Crippen LogP contribution is 2.27. The van der Waals surface area contributed by atoms with E-state index in [0.29, 0.717) is 23.3 Å². The maximum Gasteiger partial charge on any atom is 0.351 e. The van der Waals surface area contributed by atoms with Crippen LogP contribution < -0.4 is 10.4 Å². The molecule has 0 aliphatic heterocycles. The number of hydrogen-bond donors (Lipinski definition) is 1. The molecule has 0 aliphatic carbocycles. The summed E-state index contributed by atoms with van der Waals surface area (Å²) in [6, 6.07) is 4.86. The summed E-state index contributed by atoms with van der Waals surface area (Å²) in [7, 11) is 0. The van der Waals surface area contributed by atoms with Crippen molar-refractivity contribution in [1.29, 1.82) is 0 Å². The molecule has 1 aromatic carbocycles. The highest BCUT2D eigenvalue weighted by Gasteiger charge is 2.15. The Balaban J connectivity index is 2.56. The van der Waals surface area contributed by atoms with Crippen LogP contribution in [0, 0.1) is 6.92 Å². The second-order valence-electron chi connectivity index (χ2n) is 4.64. The zero-order chi connectivity index (χ0) is 14.7. The van der Waals surface area contributed by atoms with Crippen molar-refractivity contribution in [3.05, 3.63) is 39.7 Å². The van der Waals surface area contributed by atoms with Crippen LogP contribution >= 0.6 is 0 Å². The van der Waals surface area contributed by atoms with Gasteiger partial charge in [0.2, 0.25) is 0 Å². The minimum absolute atomic E-state index is 0.293. The van der Waals surface area contributed by atoms with E-state index in [1.165, 1.54) is 6.07 Å². The van der Waals surface area contributed by atoms with Gasteiger partial charge in [0.05, 0.1) is 6.61 Å². The van der Waals surface area contributed by atoms with Gasteiger partial charge in [0.15, 0.2) is 11.3 Å². The number of aryl methyl sites for hydroxylation is 1. The molecule has 0 unspecified atom stereocenters. The van der Waals surface area contributed by atoms with E-state index in [9.17, 15) is 9.59 Å². The van der Waals surface area contributed by atoms with E-state index in [1.54, 1.807) is 12.1 Å². The summed E-state index contributed by atoms with van der Waals surface area (Å²) in [5.41, 5.74) is -0.0345. The maximum atomic E-state index is 11.6. The lowest BCUT2D eigenvalue weighted by molar-refractivity contribution is 0.0692. The second kappa shape index (κ2) is 5.77. The van der Waals surface area contributed by atoms with E-state index in [-0.39, 0.29) is 5.56 Å². The zero-order valence-corrected chi connectivity index (χ0v) is 11.4. The van der Waals surface area contributed by atoms with E-state index >= 15 is 0 Å². The van der Waals surface area contributed by atoms with Crippen molar-refractivity contribution < 1.29 is 19.1 Å². The molecule has 106 valence electrons. The number of aromatic carboxylic acids is 1. The largest absolute Gasteiger partial charge is 0.490 e. The first kappa shape index (κ1) is 14.1. The average Bonchev–Trinajstić information content (AvgIpc) is 2.38. The smallest absolute Gasteiger partial charge is 0.351 e. The number of carboxylic acids is 1. The molecule has 0 bridgehead atoms. The summed E-state index contributed by atoms with van der Waals surface area (Å²) in [5, 5.41) is 9.50. The van der Waals surface area contributed by atoms with Crippen molar-refractivity contribution in [2.45, 2.75) is 26.7 Å².